The quantitative estimate of drug-likeness (QED) is 0.407. The maximum absolute atomic E-state index is 5.57. The Morgan fingerprint density at radius 2 is 2.00 bits per heavy atom. The summed E-state index contributed by atoms with van der Waals surface area (Å²) in [7, 11) is 1.65. The first-order chi connectivity index (χ1) is 6.88. The molecule has 86 valence electrons. The first-order valence-corrected chi connectivity index (χ1v) is 5.05. The third kappa shape index (κ3) is 6.61. The Hall–Kier alpha value is 0.0662. The molecule has 1 aromatic carbocycles. The van der Waals surface area contributed by atoms with Gasteiger partial charge in [0, 0.05) is 5.75 Å². The number of rotatable bonds is 6. The monoisotopic (exact) mass is 296 g/mol. The van der Waals surface area contributed by atoms with E-state index in [0.29, 0.717) is 0 Å². The van der Waals surface area contributed by atoms with E-state index in [-0.39, 0.29) is 40.0 Å². The van der Waals surface area contributed by atoms with Gasteiger partial charge in [0.1, 0.15) is 0 Å². The van der Waals surface area contributed by atoms with Crippen molar-refractivity contribution in [2.45, 2.75) is 26.2 Å². The predicted molar refractivity (Wildman–Crippen MR) is 62.6 cm³/mol. The van der Waals surface area contributed by atoms with E-state index in [0.717, 1.165) is 24.5 Å². The summed E-state index contributed by atoms with van der Waals surface area (Å²) < 4.78 is 10.7. The van der Waals surface area contributed by atoms with Crippen molar-refractivity contribution in [3.8, 4) is 11.5 Å². The molecule has 0 spiro atoms. The van der Waals surface area contributed by atoms with Crippen LogP contribution in [0, 0.1) is 6.07 Å². The molecule has 1 aromatic rings. The Bertz CT molecular complexity index is 269. The van der Waals surface area contributed by atoms with Gasteiger partial charge in [0.2, 0.25) is 0 Å². The summed E-state index contributed by atoms with van der Waals surface area (Å²) in [5.74, 6) is 1.56. The van der Waals surface area contributed by atoms with Crippen molar-refractivity contribution in [3.05, 3.63) is 24.3 Å². The molecule has 1 rings (SSSR count). The van der Waals surface area contributed by atoms with E-state index in [4.69, 9.17) is 9.47 Å². The van der Waals surface area contributed by atoms with Gasteiger partial charge in [0.05, 0.1) is 19.5 Å². The van der Waals surface area contributed by atoms with Gasteiger partial charge in [-0.1, -0.05) is 19.8 Å². The molecule has 0 aromatic heterocycles. The minimum Gasteiger partial charge on any atom is -1.00 e. The fraction of sp³-hybridized carbons (Fsp3) is 0.500. The number of halogens is 1. The van der Waals surface area contributed by atoms with E-state index in [9.17, 15) is 0 Å². The van der Waals surface area contributed by atoms with Gasteiger partial charge >= 0.3 is 23.1 Å². The zero-order valence-electron chi connectivity index (χ0n) is 9.96. The van der Waals surface area contributed by atoms with E-state index in [1.54, 1.807) is 7.11 Å². The summed E-state index contributed by atoms with van der Waals surface area (Å²) in [4.78, 5) is 0. The first-order valence-electron chi connectivity index (χ1n) is 5.05. The molecule has 0 radical (unpaired) electrons. The van der Waals surface area contributed by atoms with E-state index in [2.05, 4.69) is 13.0 Å². The van der Waals surface area contributed by atoms with Crippen LogP contribution in [0.3, 0.4) is 0 Å². The number of unbranched alkanes of at least 4 members (excludes halogenated alkanes) is 2. The minimum absolute atomic E-state index is 0. The molecule has 0 aliphatic carbocycles. The first kappa shape index (κ1) is 18.4. The second-order valence-electron chi connectivity index (χ2n) is 3.13. The van der Waals surface area contributed by atoms with Crippen molar-refractivity contribution in [2.75, 3.05) is 13.7 Å². The Labute approximate surface area is 125 Å². The maximum atomic E-state index is 5.57. The van der Waals surface area contributed by atoms with Gasteiger partial charge < -0.3 is 26.5 Å². The molecule has 16 heavy (non-hydrogen) atoms. The molecule has 0 aliphatic heterocycles. The zero-order chi connectivity index (χ0) is 10.2. The van der Waals surface area contributed by atoms with Crippen molar-refractivity contribution in [2.24, 2.45) is 0 Å². The molecular weight excluding hydrogens is 280 g/mol. The van der Waals surface area contributed by atoms with Crippen LogP contribution in [0.25, 0.3) is 0 Å². The molecule has 0 amide bonds. The van der Waals surface area contributed by atoms with Crippen LogP contribution in [0.2, 0.25) is 0 Å². The number of methoxy groups -OCH3 is 1. The minimum atomic E-state index is 0. The Morgan fingerprint density at radius 3 is 2.62 bits per heavy atom. The number of benzene rings is 1. The molecule has 0 saturated carbocycles. The van der Waals surface area contributed by atoms with Crippen LogP contribution in [0.1, 0.15) is 26.2 Å². The molecule has 0 unspecified atom stereocenters. The van der Waals surface area contributed by atoms with Gasteiger partial charge in [-0.3, -0.25) is 0 Å². The molecule has 0 fully saturated rings. The largest absolute Gasteiger partial charge is 2.00 e. The molecule has 0 atom stereocenters. The van der Waals surface area contributed by atoms with Crippen LogP contribution >= 0.6 is 0 Å². The van der Waals surface area contributed by atoms with Crippen LogP contribution < -0.4 is 26.5 Å². The molecular formula is C12H17BrMgO2. The van der Waals surface area contributed by atoms with E-state index >= 15 is 0 Å². The van der Waals surface area contributed by atoms with Gasteiger partial charge in [-0.2, -0.15) is 12.1 Å². The third-order valence-electron chi connectivity index (χ3n) is 2.01. The smallest absolute Gasteiger partial charge is 1.00 e. The fourth-order valence-corrected chi connectivity index (χ4v) is 1.22. The van der Waals surface area contributed by atoms with Gasteiger partial charge in [-0.05, 0) is 6.42 Å². The van der Waals surface area contributed by atoms with Crippen LogP contribution in [0.5, 0.6) is 11.5 Å². The van der Waals surface area contributed by atoms with Crippen molar-refractivity contribution in [1.82, 2.24) is 0 Å². The molecule has 0 bridgehead atoms. The Morgan fingerprint density at radius 1 is 1.25 bits per heavy atom. The van der Waals surface area contributed by atoms with Crippen molar-refractivity contribution >= 4 is 23.1 Å². The van der Waals surface area contributed by atoms with Crippen LogP contribution in [0.15, 0.2) is 18.2 Å². The SMILES string of the molecule is CCCCCOc1c[c-]ccc1OC.[Br-].[Mg+2]. The summed E-state index contributed by atoms with van der Waals surface area (Å²) in [5, 5.41) is 0. The van der Waals surface area contributed by atoms with Crippen LogP contribution in [-0.2, 0) is 0 Å². The third-order valence-corrected chi connectivity index (χ3v) is 2.01. The van der Waals surface area contributed by atoms with Gasteiger partial charge in [-0.15, -0.1) is 12.1 Å². The molecule has 0 saturated heterocycles. The number of hydrogen-bond donors (Lipinski definition) is 0. The summed E-state index contributed by atoms with van der Waals surface area (Å²) in [6.45, 7) is 2.93. The van der Waals surface area contributed by atoms with Crippen LogP contribution in [0.4, 0.5) is 0 Å². The van der Waals surface area contributed by atoms with Crippen molar-refractivity contribution in [1.29, 1.82) is 0 Å². The molecule has 0 heterocycles. The Balaban J connectivity index is 0. The fourth-order valence-electron chi connectivity index (χ4n) is 1.22. The standard InChI is InChI=1S/C12H17O2.BrH.Mg/c1-3-4-7-10-14-12-9-6-5-8-11(12)13-2;;/h5,8-9H,3-4,7,10H2,1-2H3;1H;/q-1;;+2/p-1. The van der Waals surface area contributed by atoms with Gasteiger partial charge in [-0.25, -0.2) is 0 Å². The molecule has 0 N–H and O–H groups in total. The van der Waals surface area contributed by atoms with Gasteiger partial charge in [0.15, 0.2) is 0 Å². The second kappa shape index (κ2) is 11.5. The summed E-state index contributed by atoms with van der Waals surface area (Å²) >= 11 is 0. The summed E-state index contributed by atoms with van der Waals surface area (Å²) in [6.07, 6.45) is 3.51. The van der Waals surface area contributed by atoms with Crippen molar-refractivity contribution in [3.63, 3.8) is 0 Å². The number of ether oxygens (including phenoxy) is 2. The zero-order valence-corrected chi connectivity index (χ0v) is 13.0. The predicted octanol–water partition coefficient (Wildman–Crippen LogP) is -0.312. The molecule has 2 nitrogen and oxygen atoms in total. The number of hydrogen-bond acceptors (Lipinski definition) is 2. The van der Waals surface area contributed by atoms with E-state index in [1.807, 2.05) is 18.2 Å². The molecule has 0 aliphatic rings. The average molecular weight is 297 g/mol. The van der Waals surface area contributed by atoms with Gasteiger partial charge in [0.25, 0.3) is 0 Å². The van der Waals surface area contributed by atoms with Crippen molar-refractivity contribution < 1.29 is 26.5 Å². The normalized spacial score (nSPS) is 8.62. The van der Waals surface area contributed by atoms with Crippen LogP contribution in [-0.4, -0.2) is 36.8 Å². The van der Waals surface area contributed by atoms with E-state index < -0.39 is 0 Å². The maximum Gasteiger partial charge on any atom is 2.00 e. The Kier molecular flexibility index (Phi) is 13.3. The average Bonchev–Trinajstić information content (AvgIpc) is 2.25. The summed E-state index contributed by atoms with van der Waals surface area (Å²) in [6, 6.07) is 8.46. The molecule has 4 heteroatoms. The second-order valence-corrected chi connectivity index (χ2v) is 3.13. The topological polar surface area (TPSA) is 18.5 Å². The van der Waals surface area contributed by atoms with E-state index in [1.165, 1.54) is 12.8 Å². The summed E-state index contributed by atoms with van der Waals surface area (Å²) in [5.41, 5.74) is 0.